The number of pyridine rings is 2. The summed E-state index contributed by atoms with van der Waals surface area (Å²) in [5.74, 6) is 0. The summed E-state index contributed by atoms with van der Waals surface area (Å²) in [6.07, 6.45) is 3.61. The second kappa shape index (κ2) is 5.78. The molecule has 2 N–H and O–H groups in total. The van der Waals surface area contributed by atoms with Crippen LogP contribution in [0.5, 0.6) is 0 Å². The molecule has 0 saturated carbocycles. The van der Waals surface area contributed by atoms with Gasteiger partial charge in [-0.05, 0) is 29.1 Å². The third-order valence-corrected chi connectivity index (χ3v) is 5.50. The molecule has 0 fully saturated rings. The Balaban J connectivity index is 2.01. The van der Waals surface area contributed by atoms with Crippen molar-refractivity contribution in [2.45, 2.75) is 0 Å². The van der Waals surface area contributed by atoms with Crippen molar-refractivity contribution < 1.29 is 0 Å². The van der Waals surface area contributed by atoms with Crippen molar-refractivity contribution in [2.75, 3.05) is 5.73 Å². The molecule has 0 unspecified atom stereocenters. The number of nitrogens with zero attached hydrogens (tertiary/aromatic N) is 2. The summed E-state index contributed by atoms with van der Waals surface area (Å²) in [4.78, 5) is 9.17. The minimum atomic E-state index is 0.762. The van der Waals surface area contributed by atoms with Crippen molar-refractivity contribution in [3.63, 3.8) is 0 Å². The first kappa shape index (κ1) is 15.3. The maximum atomic E-state index is 6.71. The van der Waals surface area contributed by atoms with Crippen LogP contribution in [-0.4, -0.2) is 9.97 Å². The van der Waals surface area contributed by atoms with E-state index in [2.05, 4.69) is 56.2 Å². The predicted octanol–water partition coefficient (Wildman–Crippen LogP) is 5.95. The van der Waals surface area contributed by atoms with Crippen LogP contribution in [-0.2, 0) is 0 Å². The van der Waals surface area contributed by atoms with E-state index in [1.165, 1.54) is 0 Å². The Labute approximate surface area is 158 Å². The smallest absolute Gasteiger partial charge is 0.0971 e. The third-order valence-electron chi connectivity index (χ3n) is 4.81. The van der Waals surface area contributed by atoms with Crippen molar-refractivity contribution in [3.8, 4) is 11.1 Å². The van der Waals surface area contributed by atoms with Gasteiger partial charge < -0.3 is 5.73 Å². The Bertz CT molecular complexity index is 1280. The third kappa shape index (κ3) is 2.12. The first-order valence-electron chi connectivity index (χ1n) is 8.34. The van der Waals surface area contributed by atoms with Crippen LogP contribution in [0.3, 0.4) is 0 Å². The summed E-state index contributed by atoms with van der Waals surface area (Å²) in [6.45, 7) is 0. The normalized spacial score (nSPS) is 11.4. The van der Waals surface area contributed by atoms with Gasteiger partial charge in [0.1, 0.15) is 0 Å². The summed E-state index contributed by atoms with van der Waals surface area (Å²) in [5, 5.41) is 4.22. The summed E-state index contributed by atoms with van der Waals surface area (Å²) >= 11 is 3.64. The van der Waals surface area contributed by atoms with Gasteiger partial charge >= 0.3 is 0 Å². The molecule has 2 heterocycles. The number of halogens is 1. The van der Waals surface area contributed by atoms with Crippen molar-refractivity contribution >= 4 is 54.2 Å². The van der Waals surface area contributed by atoms with Gasteiger partial charge in [0.25, 0.3) is 0 Å². The van der Waals surface area contributed by atoms with E-state index in [0.717, 1.165) is 53.9 Å². The van der Waals surface area contributed by atoms with Gasteiger partial charge in [0.2, 0.25) is 0 Å². The van der Waals surface area contributed by atoms with Gasteiger partial charge in [-0.15, -0.1) is 0 Å². The number of anilines is 1. The zero-order chi connectivity index (χ0) is 17.7. The van der Waals surface area contributed by atoms with Crippen LogP contribution in [0.4, 0.5) is 5.69 Å². The molecule has 26 heavy (non-hydrogen) atoms. The molecule has 124 valence electrons. The highest BCUT2D eigenvalue weighted by Gasteiger charge is 2.15. The maximum absolute atomic E-state index is 6.71. The maximum Gasteiger partial charge on any atom is 0.0971 e. The SMILES string of the molecule is Nc1c(-c2ccccc2Br)ccc2c3cccnc3c3ncccc3c12. The average molecular weight is 400 g/mol. The zero-order valence-corrected chi connectivity index (χ0v) is 15.4. The quantitative estimate of drug-likeness (QED) is 0.280. The summed E-state index contributed by atoms with van der Waals surface area (Å²) < 4.78 is 1.02. The minimum Gasteiger partial charge on any atom is -0.398 e. The molecule has 3 nitrogen and oxygen atoms in total. The van der Waals surface area contributed by atoms with Crippen molar-refractivity contribution in [2.24, 2.45) is 0 Å². The number of nitrogens with two attached hydrogens (primary N) is 1. The second-order valence-corrected chi connectivity index (χ2v) is 7.08. The lowest BCUT2D eigenvalue weighted by Crippen LogP contribution is -1.95. The Hall–Kier alpha value is -2.98. The van der Waals surface area contributed by atoms with Crippen LogP contribution in [0.2, 0.25) is 0 Å². The number of hydrogen-bond acceptors (Lipinski definition) is 3. The van der Waals surface area contributed by atoms with Crippen molar-refractivity contribution in [1.82, 2.24) is 9.97 Å². The van der Waals surface area contributed by atoms with Crippen LogP contribution in [0.1, 0.15) is 0 Å². The molecule has 0 bridgehead atoms. The molecule has 0 radical (unpaired) electrons. The molecule has 0 amide bonds. The summed E-state index contributed by atoms with van der Waals surface area (Å²) in [5.41, 5.74) is 11.3. The fraction of sp³-hybridized carbons (Fsp3) is 0. The van der Waals surface area contributed by atoms with E-state index in [1.807, 2.05) is 30.3 Å². The van der Waals surface area contributed by atoms with Gasteiger partial charge in [-0.2, -0.15) is 0 Å². The highest BCUT2D eigenvalue weighted by molar-refractivity contribution is 9.10. The fourth-order valence-electron chi connectivity index (χ4n) is 3.66. The number of hydrogen-bond donors (Lipinski definition) is 1. The number of benzene rings is 3. The molecule has 0 aliphatic carbocycles. The lowest BCUT2D eigenvalue weighted by molar-refractivity contribution is 1.38. The summed E-state index contributed by atoms with van der Waals surface area (Å²) in [7, 11) is 0. The molecule has 0 atom stereocenters. The predicted molar refractivity (Wildman–Crippen MR) is 112 cm³/mol. The lowest BCUT2D eigenvalue weighted by atomic mass is 9.93. The van der Waals surface area contributed by atoms with Crippen LogP contribution >= 0.6 is 15.9 Å². The van der Waals surface area contributed by atoms with E-state index in [0.29, 0.717) is 0 Å². The van der Waals surface area contributed by atoms with E-state index < -0.39 is 0 Å². The molecule has 0 saturated heterocycles. The molecular weight excluding hydrogens is 386 g/mol. The molecule has 0 spiro atoms. The molecule has 2 aromatic heterocycles. The van der Waals surface area contributed by atoms with Gasteiger partial charge in [-0.1, -0.05) is 58.4 Å². The second-order valence-electron chi connectivity index (χ2n) is 6.23. The lowest BCUT2D eigenvalue weighted by Gasteiger charge is -2.15. The Morgan fingerprint density at radius 2 is 1.35 bits per heavy atom. The van der Waals surface area contributed by atoms with E-state index in [-0.39, 0.29) is 0 Å². The molecule has 0 aliphatic rings. The first-order valence-corrected chi connectivity index (χ1v) is 9.13. The number of rotatable bonds is 1. The number of aromatic nitrogens is 2. The van der Waals surface area contributed by atoms with Gasteiger partial charge in [0.15, 0.2) is 0 Å². The van der Waals surface area contributed by atoms with Crippen molar-refractivity contribution in [3.05, 3.63) is 77.5 Å². The van der Waals surface area contributed by atoms with Crippen LogP contribution in [0.15, 0.2) is 77.5 Å². The molecule has 0 aliphatic heterocycles. The Morgan fingerprint density at radius 3 is 2.12 bits per heavy atom. The van der Waals surface area contributed by atoms with E-state index >= 15 is 0 Å². The molecule has 3 aromatic carbocycles. The Morgan fingerprint density at radius 1 is 0.654 bits per heavy atom. The van der Waals surface area contributed by atoms with Crippen LogP contribution < -0.4 is 5.73 Å². The fourth-order valence-corrected chi connectivity index (χ4v) is 4.15. The van der Waals surface area contributed by atoms with Gasteiger partial charge in [-0.3, -0.25) is 9.97 Å². The van der Waals surface area contributed by atoms with Crippen LogP contribution in [0.25, 0.3) is 43.7 Å². The minimum absolute atomic E-state index is 0.762. The number of nitrogen functional groups attached to an aromatic ring is 1. The van der Waals surface area contributed by atoms with E-state index in [4.69, 9.17) is 5.73 Å². The van der Waals surface area contributed by atoms with Crippen molar-refractivity contribution in [1.29, 1.82) is 0 Å². The van der Waals surface area contributed by atoms with Crippen LogP contribution in [0, 0.1) is 0 Å². The molecule has 5 aromatic rings. The van der Waals surface area contributed by atoms with E-state index in [9.17, 15) is 0 Å². The highest BCUT2D eigenvalue weighted by atomic mass is 79.9. The highest BCUT2D eigenvalue weighted by Crippen LogP contribution is 2.41. The zero-order valence-electron chi connectivity index (χ0n) is 13.8. The average Bonchev–Trinajstić information content (AvgIpc) is 2.69. The number of fused-ring (bicyclic) bond motifs is 6. The molecule has 5 rings (SSSR count). The van der Waals surface area contributed by atoms with Gasteiger partial charge in [-0.25, -0.2) is 0 Å². The molecule has 4 heteroatoms. The Kier molecular flexibility index (Phi) is 3.40. The summed E-state index contributed by atoms with van der Waals surface area (Å²) in [6, 6.07) is 20.4. The topological polar surface area (TPSA) is 51.8 Å². The van der Waals surface area contributed by atoms with Gasteiger partial charge in [0, 0.05) is 44.3 Å². The van der Waals surface area contributed by atoms with Gasteiger partial charge in [0.05, 0.1) is 11.0 Å². The monoisotopic (exact) mass is 399 g/mol. The first-order chi connectivity index (χ1) is 12.8. The molecular formula is C22H14BrN3. The standard InChI is InChI=1S/C22H14BrN3/c23-18-8-2-1-5-13(18)15-10-9-14-16-6-3-11-25-21(16)22-17(7-4-12-26-22)19(14)20(15)24/h1-12H,24H2. The largest absolute Gasteiger partial charge is 0.398 e. The van der Waals surface area contributed by atoms with E-state index in [1.54, 1.807) is 12.4 Å².